The van der Waals surface area contributed by atoms with Crippen molar-refractivity contribution in [2.75, 3.05) is 0 Å². The highest BCUT2D eigenvalue weighted by Crippen LogP contribution is 2.33. The normalized spacial score (nSPS) is 11.8. The van der Waals surface area contributed by atoms with E-state index in [1.807, 2.05) is 0 Å². The molecule has 0 aliphatic rings. The fourth-order valence-electron chi connectivity index (χ4n) is 1.27. The highest BCUT2D eigenvalue weighted by Gasteiger charge is 2.39. The van der Waals surface area contributed by atoms with Crippen molar-refractivity contribution in [2.45, 2.75) is 6.18 Å². The molecule has 0 aliphatic carbocycles. The van der Waals surface area contributed by atoms with Crippen LogP contribution in [0.4, 0.5) is 13.2 Å². The molecular formula is C9H6F3N3O2. The van der Waals surface area contributed by atoms with Crippen LogP contribution in [0.15, 0.2) is 16.8 Å². The van der Waals surface area contributed by atoms with E-state index in [1.165, 1.54) is 17.1 Å². The van der Waals surface area contributed by atoms with Crippen LogP contribution in [0.2, 0.25) is 0 Å². The maximum Gasteiger partial charge on any atom is 0.437 e. The first-order valence-electron chi connectivity index (χ1n) is 4.44. The Morgan fingerprint density at radius 3 is 2.59 bits per heavy atom. The molecule has 17 heavy (non-hydrogen) atoms. The van der Waals surface area contributed by atoms with Gasteiger partial charge in [-0.15, -0.1) is 0 Å². The van der Waals surface area contributed by atoms with Crippen LogP contribution in [0.3, 0.4) is 0 Å². The number of halogens is 3. The predicted molar refractivity (Wildman–Crippen MR) is 49.1 cm³/mol. The van der Waals surface area contributed by atoms with Crippen LogP contribution in [0.5, 0.6) is 0 Å². The van der Waals surface area contributed by atoms with Crippen LogP contribution in [0.1, 0.15) is 16.2 Å². The molecule has 0 N–H and O–H groups in total. The Bertz CT molecular complexity index is 556. The van der Waals surface area contributed by atoms with Gasteiger partial charge >= 0.3 is 6.18 Å². The number of hydrogen-bond acceptors (Lipinski definition) is 4. The van der Waals surface area contributed by atoms with Crippen molar-refractivity contribution in [2.24, 2.45) is 7.05 Å². The van der Waals surface area contributed by atoms with Gasteiger partial charge < -0.3 is 4.42 Å². The highest BCUT2D eigenvalue weighted by atomic mass is 19.4. The quantitative estimate of drug-likeness (QED) is 0.758. The van der Waals surface area contributed by atoms with E-state index in [-0.39, 0.29) is 17.7 Å². The standard InChI is InChI=1S/C9H6F3N3O2/c1-15-3-5(2-13-15)8-14-7(9(10,11)12)6(4-16)17-8/h2-4H,1H3. The van der Waals surface area contributed by atoms with Gasteiger partial charge in [-0.25, -0.2) is 4.98 Å². The Labute approximate surface area is 92.9 Å². The third-order valence-electron chi connectivity index (χ3n) is 1.98. The molecule has 0 fully saturated rings. The van der Waals surface area contributed by atoms with E-state index in [2.05, 4.69) is 10.1 Å². The molecular weight excluding hydrogens is 239 g/mol. The first kappa shape index (κ1) is 11.4. The summed E-state index contributed by atoms with van der Waals surface area (Å²) in [5.74, 6) is -1.12. The zero-order valence-electron chi connectivity index (χ0n) is 8.52. The van der Waals surface area contributed by atoms with E-state index < -0.39 is 17.6 Å². The lowest BCUT2D eigenvalue weighted by Crippen LogP contribution is -2.08. The summed E-state index contributed by atoms with van der Waals surface area (Å²) in [5.41, 5.74) is -1.06. The minimum absolute atomic E-state index is 0.0182. The molecule has 0 aliphatic heterocycles. The molecule has 0 amide bonds. The van der Waals surface area contributed by atoms with E-state index in [1.54, 1.807) is 7.05 Å². The summed E-state index contributed by atoms with van der Waals surface area (Å²) in [6.07, 6.45) is -2.02. The van der Waals surface area contributed by atoms with E-state index in [9.17, 15) is 18.0 Å². The second-order valence-electron chi connectivity index (χ2n) is 3.25. The third-order valence-corrected chi connectivity index (χ3v) is 1.98. The number of rotatable bonds is 2. The zero-order valence-corrected chi connectivity index (χ0v) is 8.52. The molecule has 0 radical (unpaired) electrons. The molecule has 0 unspecified atom stereocenters. The molecule has 0 aromatic carbocycles. The molecule has 0 spiro atoms. The van der Waals surface area contributed by atoms with Crippen LogP contribution >= 0.6 is 0 Å². The summed E-state index contributed by atoms with van der Waals surface area (Å²) < 4.78 is 43.5. The van der Waals surface area contributed by atoms with Gasteiger partial charge in [-0.1, -0.05) is 0 Å². The van der Waals surface area contributed by atoms with Crippen LogP contribution in [0, 0.1) is 0 Å². The smallest absolute Gasteiger partial charge is 0.432 e. The highest BCUT2D eigenvalue weighted by molar-refractivity contribution is 5.73. The lowest BCUT2D eigenvalue weighted by Gasteiger charge is -1.99. The molecule has 2 heterocycles. The number of aromatic nitrogens is 3. The maximum absolute atomic E-state index is 12.5. The van der Waals surface area contributed by atoms with Gasteiger partial charge in [0.05, 0.1) is 11.8 Å². The molecule has 0 atom stereocenters. The van der Waals surface area contributed by atoms with Crippen molar-refractivity contribution in [1.29, 1.82) is 0 Å². The molecule has 0 bridgehead atoms. The Hall–Kier alpha value is -2.12. The Kier molecular flexibility index (Phi) is 2.49. The van der Waals surface area contributed by atoms with E-state index in [4.69, 9.17) is 4.42 Å². The summed E-state index contributed by atoms with van der Waals surface area (Å²) in [4.78, 5) is 13.7. The molecule has 90 valence electrons. The van der Waals surface area contributed by atoms with Crippen LogP contribution in [-0.4, -0.2) is 21.1 Å². The maximum atomic E-state index is 12.5. The fourth-order valence-corrected chi connectivity index (χ4v) is 1.27. The van der Waals surface area contributed by atoms with E-state index in [0.29, 0.717) is 0 Å². The van der Waals surface area contributed by atoms with Crippen molar-refractivity contribution < 1.29 is 22.4 Å². The van der Waals surface area contributed by atoms with Crippen LogP contribution in [-0.2, 0) is 13.2 Å². The molecule has 5 nitrogen and oxygen atoms in total. The fraction of sp³-hybridized carbons (Fsp3) is 0.222. The van der Waals surface area contributed by atoms with Crippen molar-refractivity contribution in [3.05, 3.63) is 23.8 Å². The van der Waals surface area contributed by atoms with Crippen molar-refractivity contribution in [3.63, 3.8) is 0 Å². The molecule has 2 rings (SSSR count). The minimum Gasteiger partial charge on any atom is -0.432 e. The molecule has 0 saturated heterocycles. The zero-order chi connectivity index (χ0) is 12.6. The van der Waals surface area contributed by atoms with Gasteiger partial charge in [0.2, 0.25) is 5.89 Å². The average Bonchev–Trinajstić information content (AvgIpc) is 2.81. The predicted octanol–water partition coefficient (Wildman–Crippen LogP) is 1.91. The van der Waals surface area contributed by atoms with Crippen molar-refractivity contribution in [3.8, 4) is 11.5 Å². The summed E-state index contributed by atoms with van der Waals surface area (Å²) in [6.45, 7) is 0. The second-order valence-corrected chi connectivity index (χ2v) is 3.25. The topological polar surface area (TPSA) is 60.9 Å². The first-order valence-corrected chi connectivity index (χ1v) is 4.44. The number of oxazole rings is 1. The number of aldehydes is 1. The Morgan fingerprint density at radius 2 is 2.18 bits per heavy atom. The Balaban J connectivity index is 2.52. The summed E-state index contributed by atoms with van der Waals surface area (Å²) in [6, 6.07) is 0. The van der Waals surface area contributed by atoms with Gasteiger partial charge in [0.25, 0.3) is 0 Å². The number of carbonyl (C=O) groups is 1. The Morgan fingerprint density at radius 1 is 1.47 bits per heavy atom. The van der Waals surface area contributed by atoms with Gasteiger partial charge in [-0.3, -0.25) is 9.48 Å². The number of aryl methyl sites for hydroxylation is 1. The lowest BCUT2D eigenvalue weighted by molar-refractivity contribution is -0.141. The van der Waals surface area contributed by atoms with E-state index in [0.717, 1.165) is 0 Å². The molecule has 2 aromatic rings. The second kappa shape index (κ2) is 3.72. The van der Waals surface area contributed by atoms with Crippen LogP contribution < -0.4 is 0 Å². The van der Waals surface area contributed by atoms with Gasteiger partial charge in [0.15, 0.2) is 17.7 Å². The third kappa shape index (κ3) is 2.05. The van der Waals surface area contributed by atoms with Gasteiger partial charge in [0, 0.05) is 13.2 Å². The molecule has 8 heteroatoms. The van der Waals surface area contributed by atoms with Gasteiger partial charge in [0.1, 0.15) is 0 Å². The minimum atomic E-state index is -4.72. The first-order chi connectivity index (χ1) is 7.91. The average molecular weight is 245 g/mol. The largest absolute Gasteiger partial charge is 0.437 e. The van der Waals surface area contributed by atoms with Crippen molar-refractivity contribution in [1.82, 2.24) is 14.8 Å². The van der Waals surface area contributed by atoms with E-state index >= 15 is 0 Å². The van der Waals surface area contributed by atoms with Crippen LogP contribution in [0.25, 0.3) is 11.5 Å². The summed E-state index contributed by atoms with van der Waals surface area (Å²) in [5, 5.41) is 3.77. The monoisotopic (exact) mass is 245 g/mol. The molecule has 2 aromatic heterocycles. The SMILES string of the molecule is Cn1cc(-c2nc(C(F)(F)F)c(C=O)o2)cn1. The number of hydrogen-bond donors (Lipinski definition) is 0. The summed E-state index contributed by atoms with van der Waals surface area (Å²) in [7, 11) is 1.59. The van der Waals surface area contributed by atoms with Gasteiger partial charge in [-0.05, 0) is 0 Å². The molecule has 0 saturated carbocycles. The summed E-state index contributed by atoms with van der Waals surface area (Å²) >= 11 is 0. The lowest BCUT2D eigenvalue weighted by atomic mass is 10.3. The number of carbonyl (C=O) groups excluding carboxylic acids is 1. The van der Waals surface area contributed by atoms with Gasteiger partial charge in [-0.2, -0.15) is 18.3 Å². The number of nitrogens with zero attached hydrogens (tertiary/aromatic N) is 3. The number of alkyl halides is 3. The van der Waals surface area contributed by atoms with Crippen molar-refractivity contribution >= 4 is 6.29 Å².